The lowest BCUT2D eigenvalue weighted by atomic mass is 10.1. The van der Waals surface area contributed by atoms with Crippen molar-refractivity contribution in [2.24, 2.45) is 0 Å². The standard InChI is InChI=1S/C20H22NO2/c1-4-21-18-14-17(16-9-7-6-8-10-16)11-12-19(18)23-20(21)13-15(3)22-5-2/h6-14H,4-5H2,1-3H3/q+1/b15-13+. The predicted molar refractivity (Wildman–Crippen MR) is 92.8 cm³/mol. The summed E-state index contributed by atoms with van der Waals surface area (Å²) in [6, 6.07) is 16.7. The molecule has 118 valence electrons. The summed E-state index contributed by atoms with van der Waals surface area (Å²) in [4.78, 5) is 0. The third-order valence-electron chi connectivity index (χ3n) is 3.85. The Labute approximate surface area is 136 Å². The summed E-state index contributed by atoms with van der Waals surface area (Å²) in [6.45, 7) is 7.56. The van der Waals surface area contributed by atoms with E-state index in [4.69, 9.17) is 9.15 Å². The molecule has 3 aromatic rings. The van der Waals surface area contributed by atoms with Gasteiger partial charge < -0.3 is 9.15 Å². The van der Waals surface area contributed by atoms with Crippen molar-refractivity contribution >= 4 is 17.2 Å². The fourth-order valence-electron chi connectivity index (χ4n) is 2.79. The quantitative estimate of drug-likeness (QED) is 0.499. The zero-order valence-electron chi connectivity index (χ0n) is 13.9. The molecule has 0 bridgehead atoms. The van der Waals surface area contributed by atoms with Crippen LogP contribution < -0.4 is 4.57 Å². The van der Waals surface area contributed by atoms with E-state index in [1.165, 1.54) is 11.1 Å². The molecule has 1 heterocycles. The Morgan fingerprint density at radius 2 is 1.87 bits per heavy atom. The van der Waals surface area contributed by atoms with Gasteiger partial charge in [-0.25, -0.2) is 0 Å². The van der Waals surface area contributed by atoms with E-state index < -0.39 is 0 Å². The second-order valence-electron chi connectivity index (χ2n) is 5.42. The van der Waals surface area contributed by atoms with Crippen LogP contribution >= 0.6 is 0 Å². The molecule has 0 spiro atoms. The van der Waals surface area contributed by atoms with Gasteiger partial charge in [0.25, 0.3) is 5.52 Å². The molecule has 0 saturated carbocycles. The Hall–Kier alpha value is -2.55. The van der Waals surface area contributed by atoms with Crippen LogP contribution in [0.2, 0.25) is 0 Å². The number of nitrogens with zero attached hydrogens (tertiary/aromatic N) is 1. The lowest BCUT2D eigenvalue weighted by Gasteiger charge is -2.00. The molecule has 0 amide bonds. The van der Waals surface area contributed by atoms with Crippen LogP contribution in [0.5, 0.6) is 0 Å². The van der Waals surface area contributed by atoms with Gasteiger partial charge >= 0.3 is 5.89 Å². The zero-order chi connectivity index (χ0) is 16.2. The van der Waals surface area contributed by atoms with Crippen molar-refractivity contribution in [3.05, 3.63) is 60.2 Å². The van der Waals surface area contributed by atoms with E-state index in [1.54, 1.807) is 0 Å². The van der Waals surface area contributed by atoms with Crippen LogP contribution in [0.1, 0.15) is 26.7 Å². The van der Waals surface area contributed by atoms with Crippen LogP contribution in [0.4, 0.5) is 0 Å². The molecule has 0 aliphatic rings. The SMILES string of the molecule is CCO/C(C)=C/c1oc2ccc(-c3ccccc3)cc2[n+]1CC. The monoisotopic (exact) mass is 308 g/mol. The highest BCUT2D eigenvalue weighted by molar-refractivity contribution is 5.78. The van der Waals surface area contributed by atoms with Gasteiger partial charge in [0.1, 0.15) is 12.3 Å². The summed E-state index contributed by atoms with van der Waals surface area (Å²) >= 11 is 0. The Kier molecular flexibility index (Phi) is 4.47. The van der Waals surface area contributed by atoms with Crippen LogP contribution in [0.3, 0.4) is 0 Å². The minimum Gasteiger partial charge on any atom is -0.498 e. The second kappa shape index (κ2) is 6.69. The molecule has 0 fully saturated rings. The Bertz CT molecular complexity index is 831. The Morgan fingerprint density at radius 3 is 2.57 bits per heavy atom. The number of hydrogen-bond acceptors (Lipinski definition) is 2. The number of allylic oxidation sites excluding steroid dienone is 1. The van der Waals surface area contributed by atoms with Crippen LogP contribution in [0.15, 0.2) is 58.7 Å². The van der Waals surface area contributed by atoms with E-state index in [9.17, 15) is 0 Å². The fraction of sp³-hybridized carbons (Fsp3) is 0.250. The highest BCUT2D eigenvalue weighted by atomic mass is 16.5. The van der Waals surface area contributed by atoms with Crippen molar-refractivity contribution < 1.29 is 13.7 Å². The molecule has 23 heavy (non-hydrogen) atoms. The summed E-state index contributed by atoms with van der Waals surface area (Å²) in [6.07, 6.45) is 1.95. The Balaban J connectivity index is 2.10. The molecule has 0 aliphatic carbocycles. The van der Waals surface area contributed by atoms with Gasteiger partial charge in [-0.3, -0.25) is 0 Å². The van der Waals surface area contributed by atoms with Gasteiger partial charge in [-0.2, -0.15) is 4.57 Å². The van der Waals surface area contributed by atoms with E-state index in [-0.39, 0.29) is 0 Å². The van der Waals surface area contributed by atoms with Crippen molar-refractivity contribution in [3.63, 3.8) is 0 Å². The number of aromatic nitrogens is 1. The summed E-state index contributed by atoms with van der Waals surface area (Å²) in [5, 5.41) is 0. The molecule has 0 radical (unpaired) electrons. The summed E-state index contributed by atoms with van der Waals surface area (Å²) in [7, 11) is 0. The van der Waals surface area contributed by atoms with Crippen LogP contribution in [-0.4, -0.2) is 6.61 Å². The number of fused-ring (bicyclic) bond motifs is 1. The molecule has 0 aliphatic heterocycles. The normalized spacial score (nSPS) is 11.9. The highest BCUT2D eigenvalue weighted by Gasteiger charge is 2.20. The molecular formula is C20H22NO2+. The average molecular weight is 308 g/mol. The number of ether oxygens (including phenoxy) is 1. The number of hydrogen-bond donors (Lipinski definition) is 0. The molecule has 0 unspecified atom stereocenters. The Morgan fingerprint density at radius 1 is 1.09 bits per heavy atom. The van der Waals surface area contributed by atoms with Gasteiger partial charge in [0, 0.05) is 6.07 Å². The van der Waals surface area contributed by atoms with Gasteiger partial charge in [0.2, 0.25) is 5.58 Å². The molecule has 3 heteroatoms. The first kappa shape index (κ1) is 15.3. The topological polar surface area (TPSA) is 26.2 Å². The molecular weight excluding hydrogens is 286 g/mol. The van der Waals surface area contributed by atoms with E-state index in [0.29, 0.717) is 6.61 Å². The van der Waals surface area contributed by atoms with Gasteiger partial charge in [0.05, 0.1) is 12.7 Å². The number of benzene rings is 2. The maximum atomic E-state index is 6.00. The van der Waals surface area contributed by atoms with Gasteiger partial charge in [0.15, 0.2) is 0 Å². The first-order valence-electron chi connectivity index (χ1n) is 8.05. The molecule has 3 rings (SSSR count). The molecule has 3 nitrogen and oxygen atoms in total. The maximum absolute atomic E-state index is 6.00. The predicted octanol–water partition coefficient (Wildman–Crippen LogP) is 4.80. The molecule has 0 atom stereocenters. The minimum atomic E-state index is 0.660. The molecule has 0 saturated heterocycles. The molecule has 2 aromatic carbocycles. The van der Waals surface area contributed by atoms with Crippen molar-refractivity contribution in [2.45, 2.75) is 27.3 Å². The summed E-state index contributed by atoms with van der Waals surface area (Å²) in [5.41, 5.74) is 4.39. The number of rotatable bonds is 5. The first-order valence-corrected chi connectivity index (χ1v) is 8.05. The third-order valence-corrected chi connectivity index (χ3v) is 3.85. The first-order chi connectivity index (χ1) is 11.2. The largest absolute Gasteiger partial charge is 0.498 e. The zero-order valence-corrected chi connectivity index (χ0v) is 13.9. The maximum Gasteiger partial charge on any atom is 0.377 e. The van der Waals surface area contributed by atoms with Crippen LogP contribution in [0, 0.1) is 0 Å². The van der Waals surface area contributed by atoms with Crippen molar-refractivity contribution in [1.29, 1.82) is 0 Å². The van der Waals surface area contributed by atoms with E-state index in [0.717, 1.165) is 29.3 Å². The lowest BCUT2D eigenvalue weighted by molar-refractivity contribution is -0.674. The van der Waals surface area contributed by atoms with Gasteiger partial charge in [-0.1, -0.05) is 36.4 Å². The van der Waals surface area contributed by atoms with E-state index in [1.807, 2.05) is 32.1 Å². The van der Waals surface area contributed by atoms with Crippen molar-refractivity contribution in [2.75, 3.05) is 6.61 Å². The smallest absolute Gasteiger partial charge is 0.377 e. The molecule has 0 N–H and O–H groups in total. The lowest BCUT2D eigenvalue weighted by Crippen LogP contribution is -2.33. The van der Waals surface area contributed by atoms with Gasteiger partial charge in [-0.15, -0.1) is 0 Å². The third kappa shape index (κ3) is 3.14. The summed E-state index contributed by atoms with van der Waals surface area (Å²) in [5.74, 6) is 1.68. The number of oxazole rings is 1. The van der Waals surface area contributed by atoms with Crippen LogP contribution in [-0.2, 0) is 11.3 Å². The van der Waals surface area contributed by atoms with E-state index >= 15 is 0 Å². The average Bonchev–Trinajstić information content (AvgIpc) is 2.91. The van der Waals surface area contributed by atoms with Crippen LogP contribution in [0.25, 0.3) is 28.3 Å². The fourth-order valence-corrected chi connectivity index (χ4v) is 2.79. The van der Waals surface area contributed by atoms with Gasteiger partial charge in [-0.05, 0) is 38.0 Å². The number of aryl methyl sites for hydroxylation is 1. The van der Waals surface area contributed by atoms with Crippen molar-refractivity contribution in [3.8, 4) is 11.1 Å². The second-order valence-corrected chi connectivity index (χ2v) is 5.42. The minimum absolute atomic E-state index is 0.660. The molecule has 1 aromatic heterocycles. The van der Waals surface area contributed by atoms with E-state index in [2.05, 4.69) is 47.9 Å². The summed E-state index contributed by atoms with van der Waals surface area (Å²) < 4.78 is 13.7. The highest BCUT2D eigenvalue weighted by Crippen LogP contribution is 2.24. The van der Waals surface area contributed by atoms with Crippen molar-refractivity contribution in [1.82, 2.24) is 0 Å².